The summed E-state index contributed by atoms with van der Waals surface area (Å²) in [5.74, 6) is -0.000899. The van der Waals surface area contributed by atoms with Crippen LogP contribution in [0.2, 0.25) is 0 Å². The standard InChI is InChI=1S/C14H17F3N2O2/c15-14(16,17)11-5-4-10(8-12(11)18)21-9-13(20)19-6-2-1-3-7-19/h4-5,8H,1-3,6-7,9,18H2. The number of nitrogens with two attached hydrogens (primary N) is 1. The lowest BCUT2D eigenvalue weighted by atomic mass is 10.1. The number of nitrogens with zero attached hydrogens (tertiary/aromatic N) is 1. The molecule has 1 aliphatic heterocycles. The van der Waals surface area contributed by atoms with Crippen LogP contribution in [0.4, 0.5) is 18.9 Å². The van der Waals surface area contributed by atoms with Gasteiger partial charge < -0.3 is 15.4 Å². The Bertz CT molecular complexity index is 511. The molecule has 0 bridgehead atoms. The van der Waals surface area contributed by atoms with Gasteiger partial charge in [-0.2, -0.15) is 13.2 Å². The molecule has 0 unspecified atom stereocenters. The molecule has 116 valence electrons. The maximum Gasteiger partial charge on any atom is 0.418 e. The number of likely N-dealkylation sites (tertiary alicyclic amines) is 1. The summed E-state index contributed by atoms with van der Waals surface area (Å²) in [6, 6.07) is 3.12. The molecule has 7 heteroatoms. The molecule has 1 saturated heterocycles. The number of nitrogen functional groups attached to an aromatic ring is 1. The first-order valence-corrected chi connectivity index (χ1v) is 6.75. The molecular formula is C14H17F3N2O2. The number of carbonyl (C=O) groups excluding carboxylic acids is 1. The second kappa shape index (κ2) is 6.24. The van der Waals surface area contributed by atoms with Crippen molar-refractivity contribution in [3.05, 3.63) is 23.8 Å². The van der Waals surface area contributed by atoms with Gasteiger partial charge in [0, 0.05) is 24.8 Å². The zero-order valence-corrected chi connectivity index (χ0v) is 11.4. The van der Waals surface area contributed by atoms with E-state index in [0.29, 0.717) is 13.1 Å². The highest BCUT2D eigenvalue weighted by Crippen LogP contribution is 2.35. The van der Waals surface area contributed by atoms with Crippen molar-refractivity contribution in [3.8, 4) is 5.75 Å². The van der Waals surface area contributed by atoms with E-state index in [-0.39, 0.29) is 18.3 Å². The van der Waals surface area contributed by atoms with Crippen LogP contribution in [0.3, 0.4) is 0 Å². The van der Waals surface area contributed by atoms with Crippen LogP contribution in [-0.4, -0.2) is 30.5 Å². The van der Waals surface area contributed by atoms with Gasteiger partial charge in [-0.1, -0.05) is 0 Å². The zero-order valence-electron chi connectivity index (χ0n) is 11.4. The highest BCUT2D eigenvalue weighted by molar-refractivity contribution is 5.77. The molecule has 0 radical (unpaired) electrons. The highest BCUT2D eigenvalue weighted by atomic mass is 19.4. The van der Waals surface area contributed by atoms with Crippen LogP contribution in [0.1, 0.15) is 24.8 Å². The Hall–Kier alpha value is -1.92. The van der Waals surface area contributed by atoms with E-state index in [2.05, 4.69) is 0 Å². The molecule has 1 aliphatic rings. The smallest absolute Gasteiger partial charge is 0.418 e. The minimum Gasteiger partial charge on any atom is -0.484 e. The molecule has 2 N–H and O–H groups in total. The Morgan fingerprint density at radius 2 is 1.90 bits per heavy atom. The topological polar surface area (TPSA) is 55.6 Å². The van der Waals surface area contributed by atoms with Crippen molar-refractivity contribution in [1.29, 1.82) is 0 Å². The summed E-state index contributed by atoms with van der Waals surface area (Å²) in [5, 5.41) is 0. The monoisotopic (exact) mass is 302 g/mol. The number of hydrogen-bond acceptors (Lipinski definition) is 3. The largest absolute Gasteiger partial charge is 0.484 e. The van der Waals surface area contributed by atoms with Gasteiger partial charge in [-0.25, -0.2) is 0 Å². The molecule has 4 nitrogen and oxygen atoms in total. The van der Waals surface area contributed by atoms with E-state index in [1.807, 2.05) is 0 Å². The molecule has 0 aromatic heterocycles. The average Bonchev–Trinajstić information content (AvgIpc) is 2.44. The summed E-state index contributed by atoms with van der Waals surface area (Å²) in [6.07, 6.45) is -1.44. The second-order valence-corrected chi connectivity index (χ2v) is 4.98. The number of halogens is 3. The zero-order chi connectivity index (χ0) is 15.5. The molecule has 21 heavy (non-hydrogen) atoms. The van der Waals surface area contributed by atoms with Crippen molar-refractivity contribution in [1.82, 2.24) is 4.90 Å². The summed E-state index contributed by atoms with van der Waals surface area (Å²) in [5.41, 5.74) is 4.04. The lowest BCUT2D eigenvalue weighted by molar-refractivity contribution is -0.137. The summed E-state index contributed by atoms with van der Waals surface area (Å²) in [7, 11) is 0. The van der Waals surface area contributed by atoms with E-state index in [1.54, 1.807) is 4.90 Å². The maximum atomic E-state index is 12.6. The summed E-state index contributed by atoms with van der Waals surface area (Å²) in [4.78, 5) is 13.6. The number of carbonyl (C=O) groups is 1. The molecule has 0 aliphatic carbocycles. The van der Waals surface area contributed by atoms with Gasteiger partial charge in [0.15, 0.2) is 6.61 Å². The molecule has 1 fully saturated rings. The summed E-state index contributed by atoms with van der Waals surface area (Å²) >= 11 is 0. The van der Waals surface area contributed by atoms with E-state index in [0.717, 1.165) is 31.4 Å². The maximum absolute atomic E-state index is 12.6. The predicted octanol–water partition coefficient (Wildman–Crippen LogP) is 2.68. The number of anilines is 1. The number of piperidine rings is 1. The summed E-state index contributed by atoms with van der Waals surface area (Å²) in [6.45, 7) is 1.22. The molecule has 1 heterocycles. The molecule has 0 spiro atoms. The Morgan fingerprint density at radius 1 is 1.24 bits per heavy atom. The van der Waals surface area contributed by atoms with Gasteiger partial charge >= 0.3 is 6.18 Å². The van der Waals surface area contributed by atoms with Gasteiger partial charge in [-0.05, 0) is 31.4 Å². The minimum atomic E-state index is -4.49. The number of amides is 1. The first-order valence-electron chi connectivity index (χ1n) is 6.75. The predicted molar refractivity (Wildman–Crippen MR) is 71.8 cm³/mol. The van der Waals surface area contributed by atoms with Crippen molar-refractivity contribution < 1.29 is 22.7 Å². The Balaban J connectivity index is 1.94. The van der Waals surface area contributed by atoms with Crippen molar-refractivity contribution in [2.75, 3.05) is 25.4 Å². The Morgan fingerprint density at radius 3 is 2.48 bits per heavy atom. The average molecular weight is 302 g/mol. The third-order valence-electron chi connectivity index (χ3n) is 3.40. The Kier molecular flexibility index (Phi) is 4.59. The fourth-order valence-corrected chi connectivity index (χ4v) is 2.27. The van der Waals surface area contributed by atoms with Crippen LogP contribution < -0.4 is 10.5 Å². The summed E-state index contributed by atoms with van der Waals surface area (Å²) < 4.78 is 42.9. The highest BCUT2D eigenvalue weighted by Gasteiger charge is 2.32. The van der Waals surface area contributed by atoms with Gasteiger partial charge in [-0.3, -0.25) is 4.79 Å². The fourth-order valence-electron chi connectivity index (χ4n) is 2.27. The van der Waals surface area contributed by atoms with E-state index in [4.69, 9.17) is 10.5 Å². The second-order valence-electron chi connectivity index (χ2n) is 4.98. The Labute approximate surface area is 120 Å². The fraction of sp³-hybridized carbons (Fsp3) is 0.500. The lowest BCUT2D eigenvalue weighted by Crippen LogP contribution is -2.38. The number of alkyl halides is 3. The molecule has 0 saturated carbocycles. The molecule has 1 aromatic rings. The van der Waals surface area contributed by atoms with E-state index >= 15 is 0 Å². The molecule has 1 aromatic carbocycles. The van der Waals surface area contributed by atoms with Crippen molar-refractivity contribution in [3.63, 3.8) is 0 Å². The van der Waals surface area contributed by atoms with Crippen LogP contribution in [0.15, 0.2) is 18.2 Å². The van der Waals surface area contributed by atoms with Crippen LogP contribution >= 0.6 is 0 Å². The van der Waals surface area contributed by atoms with E-state index < -0.39 is 17.4 Å². The van der Waals surface area contributed by atoms with Crippen LogP contribution in [0.25, 0.3) is 0 Å². The first-order chi connectivity index (χ1) is 9.88. The first kappa shape index (κ1) is 15.5. The third kappa shape index (κ3) is 4.03. The van der Waals surface area contributed by atoms with Crippen LogP contribution in [-0.2, 0) is 11.0 Å². The van der Waals surface area contributed by atoms with Gasteiger partial charge in [0.25, 0.3) is 5.91 Å². The van der Waals surface area contributed by atoms with Crippen molar-refractivity contribution >= 4 is 11.6 Å². The molecule has 2 rings (SSSR count). The van der Waals surface area contributed by atoms with Crippen LogP contribution in [0, 0.1) is 0 Å². The minimum absolute atomic E-state index is 0.158. The van der Waals surface area contributed by atoms with Gasteiger partial charge in [0.2, 0.25) is 0 Å². The van der Waals surface area contributed by atoms with Gasteiger partial charge in [0.05, 0.1) is 5.56 Å². The molecule has 0 atom stereocenters. The number of ether oxygens (including phenoxy) is 1. The quantitative estimate of drug-likeness (QED) is 0.873. The van der Waals surface area contributed by atoms with Gasteiger partial charge in [0.1, 0.15) is 5.75 Å². The lowest BCUT2D eigenvalue weighted by Gasteiger charge is -2.26. The number of hydrogen-bond donors (Lipinski definition) is 1. The number of benzene rings is 1. The van der Waals surface area contributed by atoms with Crippen molar-refractivity contribution in [2.45, 2.75) is 25.4 Å². The SMILES string of the molecule is Nc1cc(OCC(=O)N2CCCCC2)ccc1C(F)(F)F. The number of rotatable bonds is 3. The normalized spacial score (nSPS) is 15.9. The van der Waals surface area contributed by atoms with E-state index in [1.165, 1.54) is 6.07 Å². The third-order valence-corrected chi connectivity index (χ3v) is 3.40. The molecular weight excluding hydrogens is 285 g/mol. The van der Waals surface area contributed by atoms with Gasteiger partial charge in [-0.15, -0.1) is 0 Å². The van der Waals surface area contributed by atoms with E-state index in [9.17, 15) is 18.0 Å². The van der Waals surface area contributed by atoms with Crippen LogP contribution in [0.5, 0.6) is 5.75 Å². The molecule has 1 amide bonds. The van der Waals surface area contributed by atoms with Crippen molar-refractivity contribution in [2.24, 2.45) is 0 Å².